The monoisotopic (exact) mass is 1850 g/mol. The predicted molar refractivity (Wildman–Crippen MR) is 481 cm³/mol. The van der Waals surface area contributed by atoms with Crippen molar-refractivity contribution in [2.75, 3.05) is 0 Å². The predicted octanol–water partition coefficient (Wildman–Crippen LogP) is 32.6. The van der Waals surface area contributed by atoms with Crippen molar-refractivity contribution in [3.8, 4) is 23.0 Å². The third kappa shape index (κ3) is 36.8. The molecule has 6 aliphatic carbocycles. The summed E-state index contributed by atoms with van der Waals surface area (Å²) in [5.41, 5.74) is 16.9. The van der Waals surface area contributed by atoms with E-state index >= 15 is 0 Å². The fourth-order valence-electron chi connectivity index (χ4n) is 17.1. The number of aromatic hydroxyl groups is 4. The maximum atomic E-state index is 11.3. The summed E-state index contributed by atoms with van der Waals surface area (Å²) in [7, 11) is 39.1. The van der Waals surface area contributed by atoms with Crippen LogP contribution in [0.3, 0.4) is 0 Å². The molecule has 6 fully saturated rings. The summed E-state index contributed by atoms with van der Waals surface area (Å²) in [5, 5.41) is 43.0. The van der Waals surface area contributed by atoms with Gasteiger partial charge in [0.2, 0.25) is 0 Å². The normalized spacial score (nSPS) is 16.8. The molecular formula is C95H118Cl8N4O4Ti4. The Balaban J connectivity index is 0.000000204. The summed E-state index contributed by atoms with van der Waals surface area (Å²) in [6, 6.07) is 57.4. The van der Waals surface area contributed by atoms with E-state index in [1.54, 1.807) is 12.4 Å². The Bertz CT molecular complexity index is 3970. The minimum absolute atomic E-state index is 0.347. The number of phenolic OH excluding ortho intramolecular Hbond substituents is 4. The van der Waals surface area contributed by atoms with Crippen molar-refractivity contribution in [2.45, 2.75) is 268 Å². The van der Waals surface area contributed by atoms with Crippen LogP contribution >= 0.6 is 74.4 Å². The molecular weight excluding hydrogens is 1740 g/mol. The van der Waals surface area contributed by atoms with Gasteiger partial charge < -0.3 is 20.4 Å². The van der Waals surface area contributed by atoms with Crippen LogP contribution in [0.4, 0.5) is 22.7 Å². The Morgan fingerprint density at radius 1 is 0.278 bits per heavy atom. The molecule has 8 aromatic carbocycles. The number of hydrogen-bond acceptors (Lipinski definition) is 8. The second-order valence-electron chi connectivity index (χ2n) is 31.2. The summed E-state index contributed by atoms with van der Waals surface area (Å²) in [6.45, 7) is 3.95. The summed E-state index contributed by atoms with van der Waals surface area (Å²) in [6.07, 6.45) is 53.0. The Labute approximate surface area is 755 Å². The van der Waals surface area contributed by atoms with Crippen molar-refractivity contribution in [1.29, 1.82) is 0 Å². The van der Waals surface area contributed by atoms with Gasteiger partial charge in [-0.3, -0.25) is 20.0 Å². The van der Waals surface area contributed by atoms with E-state index < -0.39 is 68.1 Å². The molecule has 0 saturated heterocycles. The van der Waals surface area contributed by atoms with E-state index in [4.69, 9.17) is 74.4 Å². The van der Waals surface area contributed by atoms with Gasteiger partial charge in [-0.05, 0) is 237 Å². The quantitative estimate of drug-likeness (QED) is 0.0601. The van der Waals surface area contributed by atoms with E-state index in [1.807, 2.05) is 148 Å². The summed E-state index contributed by atoms with van der Waals surface area (Å²) >= 11 is -2.22. The number of aliphatic imine (C=N–C) groups is 4. The fourth-order valence-corrected chi connectivity index (χ4v) is 17.1. The van der Waals surface area contributed by atoms with Gasteiger partial charge >= 0.3 is 143 Å². The maximum absolute atomic E-state index is 11.3. The first kappa shape index (κ1) is 98.9. The van der Waals surface area contributed by atoms with Crippen LogP contribution in [0.15, 0.2) is 190 Å². The first-order valence-electron chi connectivity index (χ1n) is 41.9. The molecule has 115 heavy (non-hydrogen) atoms. The van der Waals surface area contributed by atoms with Gasteiger partial charge in [-0.2, -0.15) is 0 Å². The molecule has 14 rings (SSSR count). The molecule has 0 spiro atoms. The number of halogens is 8. The van der Waals surface area contributed by atoms with Crippen LogP contribution in [0.25, 0.3) is 0 Å². The molecule has 0 radical (unpaired) electrons. The van der Waals surface area contributed by atoms with Crippen LogP contribution in [0.1, 0.15) is 315 Å². The van der Waals surface area contributed by atoms with Crippen LogP contribution in [-0.4, -0.2) is 45.3 Å². The second-order valence-corrected chi connectivity index (χ2v) is 41.5. The molecule has 0 aromatic heterocycles. The molecule has 6 aliphatic rings. The van der Waals surface area contributed by atoms with Gasteiger partial charge in [0.25, 0.3) is 0 Å². The number of hydrogen-bond donors (Lipinski definition) is 4. The molecule has 0 aliphatic heterocycles. The van der Waals surface area contributed by atoms with E-state index in [9.17, 15) is 20.4 Å². The van der Waals surface area contributed by atoms with E-state index in [-0.39, 0.29) is 0 Å². The van der Waals surface area contributed by atoms with Crippen molar-refractivity contribution < 1.29 is 88.6 Å². The Kier molecular flexibility index (Phi) is 51.2. The summed E-state index contributed by atoms with van der Waals surface area (Å²) < 4.78 is 0. The van der Waals surface area contributed by atoms with Crippen LogP contribution < -0.4 is 0 Å². The number of rotatable bonds is 15. The zero-order valence-electron chi connectivity index (χ0n) is 67.3. The minimum atomic E-state index is -0.556. The topological polar surface area (TPSA) is 130 Å². The van der Waals surface area contributed by atoms with Crippen molar-refractivity contribution in [1.82, 2.24) is 0 Å². The average Bonchev–Trinajstić information content (AvgIpc) is 0.811. The molecule has 0 bridgehead atoms. The van der Waals surface area contributed by atoms with E-state index in [0.717, 1.165) is 74.0 Å². The Morgan fingerprint density at radius 2 is 0.504 bits per heavy atom. The molecule has 0 amide bonds. The van der Waals surface area contributed by atoms with Gasteiger partial charge in [-0.15, -0.1) is 0 Å². The van der Waals surface area contributed by atoms with Crippen molar-refractivity contribution in [3.63, 3.8) is 0 Å². The Hall–Kier alpha value is -3.18. The molecule has 20 heteroatoms. The first-order valence-corrected chi connectivity index (χ1v) is 59.0. The number of phenols is 4. The van der Waals surface area contributed by atoms with Gasteiger partial charge in [-0.25, -0.2) is 0 Å². The van der Waals surface area contributed by atoms with Gasteiger partial charge in [0.1, 0.15) is 23.0 Å². The zero-order valence-corrected chi connectivity index (χ0v) is 79.6. The molecule has 614 valence electrons. The molecule has 0 unspecified atom stereocenters. The molecule has 8 nitrogen and oxygen atoms in total. The van der Waals surface area contributed by atoms with Gasteiger partial charge in [0, 0.05) is 47.1 Å². The van der Waals surface area contributed by atoms with E-state index in [1.165, 1.54) is 246 Å². The average molecular weight is 1860 g/mol. The first-order chi connectivity index (χ1) is 56.2. The fraction of sp³-hybridized carbons (Fsp3) is 0.453. The van der Waals surface area contributed by atoms with Crippen LogP contribution in [0.2, 0.25) is 0 Å². The van der Waals surface area contributed by atoms with Gasteiger partial charge in [0.15, 0.2) is 0 Å². The van der Waals surface area contributed by atoms with Crippen molar-refractivity contribution >= 4 is 122 Å². The summed E-state index contributed by atoms with van der Waals surface area (Å²) in [4.78, 5) is 18.3. The van der Waals surface area contributed by atoms with E-state index in [0.29, 0.717) is 52.6 Å². The molecule has 0 atom stereocenters. The molecule has 6 saturated carbocycles. The van der Waals surface area contributed by atoms with E-state index in [2.05, 4.69) is 68.5 Å². The Morgan fingerprint density at radius 3 is 0.800 bits per heavy atom. The van der Waals surface area contributed by atoms with Crippen LogP contribution in [-0.2, 0) is 74.5 Å². The van der Waals surface area contributed by atoms with Gasteiger partial charge in [0.05, 0.1) is 22.7 Å². The molecule has 8 aromatic rings. The number of benzene rings is 8. The standard InChI is InChI=1S/C29H39NO.C26H33NO.2C20H23NO.8ClH.4Ti/c31-29-26(22-30-27-18-12-7-13-19-27)20-25(23-14-10-6-11-15-23)21-28(29)24-16-8-4-2-1-3-5-9-17-24;28-26-23(16-20-10-4-1-5-11-20)17-22(21-12-6-2-7-13-21)18-24(26)19-27-25-14-8-3-9-15-25;2*1-15-12-17(16-8-4-2-5-9-16)13-18(20(15)22)14-21-19-10-6-3-7-11-19;;;;;;;;;;;;/h7,12-13,18-24,31H,1-6,8-11,14-17H2;3,8-9,14-15,17-21,28H,1-2,4-7,10-13,16H2;2*3,6-7,10-14,16,22H,2,4-5,8-9H2,1H3;8*1H;;;;/q;;;;;;;;;;;;4*+2/p-8. The van der Waals surface area contributed by atoms with Gasteiger partial charge in [-0.1, -0.05) is 251 Å². The van der Waals surface area contributed by atoms with Crippen molar-refractivity contribution in [3.05, 3.63) is 237 Å². The zero-order chi connectivity index (χ0) is 82.0. The second kappa shape index (κ2) is 59.5. The number of nitrogens with zero attached hydrogens (tertiary/aromatic N) is 4. The molecule has 4 N–H and O–H groups in total. The third-order valence-corrected chi connectivity index (χ3v) is 23.2. The van der Waals surface area contributed by atoms with Crippen LogP contribution in [0, 0.1) is 19.8 Å². The molecule has 0 heterocycles. The van der Waals surface area contributed by atoms with Crippen LogP contribution in [0.5, 0.6) is 23.0 Å². The number of aryl methyl sites for hydroxylation is 2. The van der Waals surface area contributed by atoms with Crippen molar-refractivity contribution in [2.24, 2.45) is 25.9 Å². The summed E-state index contributed by atoms with van der Waals surface area (Å²) in [5.74, 6) is 5.36. The SMILES string of the molecule is Cc1cc(C2CCCCC2)cc(C=Nc2ccccc2)c1O.Cc1cc(C2CCCCC2)cc(C=Nc2ccccc2)c1O.Oc1c(C=Nc2ccccc2)cc(C2CCCCC2)cc1C1CCCCCCCCC1.Oc1c(C=Nc2ccccc2)cc(C2CCCCC2)cc1CC1CCCCC1.[Cl][Ti][Cl].[Cl][Ti][Cl].[Cl][Ti][Cl].[Cl][Ti][Cl]. The third-order valence-electron chi connectivity index (χ3n) is 23.2. The number of para-hydroxylation sites is 4.